The van der Waals surface area contributed by atoms with Crippen LogP contribution in [0, 0.1) is 5.82 Å². The van der Waals surface area contributed by atoms with Gasteiger partial charge in [-0.25, -0.2) is 9.37 Å². The van der Waals surface area contributed by atoms with Crippen molar-refractivity contribution in [1.82, 2.24) is 9.97 Å². The molecule has 1 aromatic heterocycles. The second-order valence-corrected chi connectivity index (χ2v) is 3.28. The average Bonchev–Trinajstić information content (AvgIpc) is 2.46. The molecule has 0 fully saturated rings. The van der Waals surface area contributed by atoms with Crippen LogP contribution in [0.3, 0.4) is 0 Å². The second kappa shape index (κ2) is 2.99. The fourth-order valence-electron chi connectivity index (χ4n) is 1.14. The van der Waals surface area contributed by atoms with Gasteiger partial charge in [0.05, 0.1) is 12.6 Å². The summed E-state index contributed by atoms with van der Waals surface area (Å²) < 4.78 is 18.7. The number of hydrogen-bond donors (Lipinski definition) is 1. The van der Waals surface area contributed by atoms with Gasteiger partial charge in [-0.3, -0.25) is 0 Å². The van der Waals surface area contributed by atoms with E-state index in [1.807, 2.05) is 0 Å². The van der Waals surface area contributed by atoms with E-state index in [0.717, 1.165) is 0 Å². The van der Waals surface area contributed by atoms with Crippen LogP contribution < -0.4 is 4.74 Å². The van der Waals surface area contributed by atoms with E-state index in [1.54, 1.807) is 6.07 Å². The van der Waals surface area contributed by atoms with Gasteiger partial charge in [-0.1, -0.05) is 0 Å². The maximum absolute atomic E-state index is 13.3. The maximum atomic E-state index is 13.3. The summed E-state index contributed by atoms with van der Waals surface area (Å²) >= 11 is 3.13. The zero-order valence-corrected chi connectivity index (χ0v) is 8.35. The summed E-state index contributed by atoms with van der Waals surface area (Å²) in [6.45, 7) is 0. The molecule has 0 saturated carbocycles. The molecule has 1 N–H and O–H groups in total. The first-order chi connectivity index (χ1) is 6.20. The minimum atomic E-state index is -0.392. The third-order valence-corrected chi connectivity index (χ3v) is 2.10. The first-order valence-corrected chi connectivity index (χ1v) is 4.39. The van der Waals surface area contributed by atoms with Crippen molar-refractivity contribution in [2.75, 3.05) is 7.11 Å². The first kappa shape index (κ1) is 8.50. The summed E-state index contributed by atoms with van der Waals surface area (Å²) in [5.74, 6) is 0.0810. The average molecular weight is 245 g/mol. The van der Waals surface area contributed by atoms with Crippen LogP contribution >= 0.6 is 15.9 Å². The summed E-state index contributed by atoms with van der Waals surface area (Å²) in [5, 5.41) is 0. The number of hydrogen-bond acceptors (Lipinski definition) is 2. The van der Waals surface area contributed by atoms with Crippen molar-refractivity contribution in [2.45, 2.75) is 0 Å². The number of rotatable bonds is 1. The van der Waals surface area contributed by atoms with Gasteiger partial charge >= 0.3 is 0 Å². The lowest BCUT2D eigenvalue weighted by atomic mass is 10.3. The van der Waals surface area contributed by atoms with E-state index in [2.05, 4.69) is 25.9 Å². The molecule has 1 heterocycles. The fraction of sp³-hybridized carbons (Fsp3) is 0.125. The highest BCUT2D eigenvalue weighted by atomic mass is 79.9. The summed E-state index contributed by atoms with van der Waals surface area (Å²) in [7, 11) is 1.49. The molecule has 0 radical (unpaired) electrons. The van der Waals surface area contributed by atoms with Crippen molar-refractivity contribution in [3.63, 3.8) is 0 Å². The normalized spacial score (nSPS) is 10.7. The fourth-order valence-corrected chi connectivity index (χ4v) is 1.53. The Labute approximate surface area is 82.1 Å². The van der Waals surface area contributed by atoms with Crippen molar-refractivity contribution < 1.29 is 9.13 Å². The maximum Gasteiger partial charge on any atom is 0.175 e. The number of methoxy groups -OCH3 is 1. The first-order valence-electron chi connectivity index (χ1n) is 3.59. The van der Waals surface area contributed by atoms with Gasteiger partial charge in [0, 0.05) is 12.1 Å². The number of aromatic nitrogens is 2. The van der Waals surface area contributed by atoms with E-state index >= 15 is 0 Å². The molecule has 0 unspecified atom stereocenters. The highest BCUT2D eigenvalue weighted by Gasteiger charge is 2.08. The third kappa shape index (κ3) is 1.39. The van der Waals surface area contributed by atoms with Crippen molar-refractivity contribution in [1.29, 1.82) is 0 Å². The molecular formula is C8H6BrFN2O. The van der Waals surface area contributed by atoms with Crippen molar-refractivity contribution in [2.24, 2.45) is 0 Å². The van der Waals surface area contributed by atoms with E-state index in [9.17, 15) is 4.39 Å². The Kier molecular flexibility index (Phi) is 1.95. The molecule has 0 amide bonds. The molecule has 0 spiro atoms. The Morgan fingerprint density at radius 1 is 1.54 bits per heavy atom. The van der Waals surface area contributed by atoms with Crippen LogP contribution in [0.15, 0.2) is 16.9 Å². The minimum Gasteiger partial charge on any atom is -0.497 e. The summed E-state index contributed by atoms with van der Waals surface area (Å²) in [6.07, 6.45) is 0. The van der Waals surface area contributed by atoms with Gasteiger partial charge in [-0.15, -0.1) is 0 Å². The Balaban J connectivity index is 2.75. The van der Waals surface area contributed by atoms with Gasteiger partial charge in [0.25, 0.3) is 0 Å². The number of benzene rings is 1. The summed E-state index contributed by atoms with van der Waals surface area (Å²) in [5.41, 5.74) is 0.927. The van der Waals surface area contributed by atoms with Crippen LogP contribution in [0.1, 0.15) is 0 Å². The summed E-state index contributed by atoms with van der Waals surface area (Å²) in [4.78, 5) is 6.78. The molecule has 1 aromatic carbocycles. The quantitative estimate of drug-likeness (QED) is 0.837. The molecule has 0 bridgehead atoms. The molecule has 0 aliphatic heterocycles. The van der Waals surface area contributed by atoms with Gasteiger partial charge < -0.3 is 9.72 Å². The zero-order chi connectivity index (χ0) is 9.42. The number of nitrogens with zero attached hydrogens (tertiary/aromatic N) is 1. The van der Waals surface area contributed by atoms with E-state index < -0.39 is 5.82 Å². The Morgan fingerprint density at radius 2 is 2.31 bits per heavy atom. The lowest BCUT2D eigenvalue weighted by Gasteiger charge is -1.98. The van der Waals surface area contributed by atoms with Crippen molar-refractivity contribution in [3.05, 3.63) is 22.7 Å². The van der Waals surface area contributed by atoms with Gasteiger partial charge in [-0.05, 0) is 15.9 Å². The van der Waals surface area contributed by atoms with E-state index in [0.29, 0.717) is 21.5 Å². The predicted octanol–water partition coefficient (Wildman–Crippen LogP) is 2.47. The number of halogens is 2. The van der Waals surface area contributed by atoms with Crippen LogP contribution in [0.2, 0.25) is 0 Å². The van der Waals surface area contributed by atoms with Crippen LogP contribution in [0.4, 0.5) is 4.39 Å². The molecule has 5 heteroatoms. The van der Waals surface area contributed by atoms with Crippen LogP contribution in [0.25, 0.3) is 11.0 Å². The lowest BCUT2D eigenvalue weighted by Crippen LogP contribution is -1.85. The van der Waals surface area contributed by atoms with Crippen LogP contribution in [-0.2, 0) is 0 Å². The number of fused-ring (bicyclic) bond motifs is 1. The van der Waals surface area contributed by atoms with E-state index in [4.69, 9.17) is 4.74 Å². The zero-order valence-electron chi connectivity index (χ0n) is 6.77. The van der Waals surface area contributed by atoms with Crippen LogP contribution in [-0.4, -0.2) is 17.1 Å². The number of nitrogens with one attached hydrogen (secondary N) is 1. The monoisotopic (exact) mass is 244 g/mol. The number of imidazole rings is 1. The molecule has 0 atom stereocenters. The molecule has 0 aliphatic carbocycles. The molecule has 3 nitrogen and oxygen atoms in total. The Hall–Kier alpha value is -1.10. The highest BCUT2D eigenvalue weighted by molar-refractivity contribution is 9.10. The topological polar surface area (TPSA) is 37.9 Å². The smallest absolute Gasteiger partial charge is 0.175 e. The highest BCUT2D eigenvalue weighted by Crippen LogP contribution is 2.23. The standard InChI is InChI=1S/C8H6BrFN2O/c1-13-4-2-5(10)7-6(3-4)11-8(9)12-7/h2-3H,1H3,(H,11,12). The second-order valence-electron chi connectivity index (χ2n) is 2.53. The molecular weight excluding hydrogens is 239 g/mol. The SMILES string of the molecule is COc1cc(F)c2nc(Br)[nH]c2c1. The van der Waals surface area contributed by atoms with E-state index in [-0.39, 0.29) is 0 Å². The predicted molar refractivity (Wildman–Crippen MR) is 50.3 cm³/mol. The number of H-pyrrole nitrogens is 1. The van der Waals surface area contributed by atoms with Crippen LogP contribution in [0.5, 0.6) is 5.75 Å². The number of ether oxygens (including phenoxy) is 1. The van der Waals surface area contributed by atoms with Gasteiger partial charge in [0.15, 0.2) is 10.6 Å². The summed E-state index contributed by atoms with van der Waals surface area (Å²) in [6, 6.07) is 2.99. The lowest BCUT2D eigenvalue weighted by molar-refractivity contribution is 0.412. The molecule has 0 saturated heterocycles. The molecule has 68 valence electrons. The molecule has 2 aromatic rings. The minimum absolute atomic E-state index is 0.313. The van der Waals surface area contributed by atoms with Crippen molar-refractivity contribution in [3.8, 4) is 5.75 Å². The number of aromatic amines is 1. The Bertz CT molecular complexity index is 455. The van der Waals surface area contributed by atoms with Gasteiger partial charge in [-0.2, -0.15) is 0 Å². The largest absolute Gasteiger partial charge is 0.497 e. The van der Waals surface area contributed by atoms with Gasteiger partial charge in [0.1, 0.15) is 11.3 Å². The van der Waals surface area contributed by atoms with Crippen molar-refractivity contribution >= 4 is 27.0 Å². The molecule has 2 rings (SSSR count). The molecule has 0 aliphatic rings. The molecule has 13 heavy (non-hydrogen) atoms. The Morgan fingerprint density at radius 3 is 3.00 bits per heavy atom. The van der Waals surface area contributed by atoms with Gasteiger partial charge in [0.2, 0.25) is 0 Å². The third-order valence-electron chi connectivity index (χ3n) is 1.72. The van der Waals surface area contributed by atoms with E-state index in [1.165, 1.54) is 13.2 Å².